The number of aromatic hydroxyl groups is 1. The molecule has 1 aromatic heterocycles. The number of rotatable bonds is 7. The maximum atomic E-state index is 12.5. The molecule has 0 aliphatic rings. The van der Waals surface area contributed by atoms with Crippen molar-refractivity contribution in [2.75, 3.05) is 5.75 Å². The molecule has 0 saturated carbocycles. The Balaban J connectivity index is 1.53. The zero-order valence-corrected chi connectivity index (χ0v) is 20.2. The molecule has 0 saturated heterocycles. The number of aryl methyl sites for hydroxylation is 1. The van der Waals surface area contributed by atoms with E-state index in [1.54, 1.807) is 25.1 Å². The number of amides is 1. The van der Waals surface area contributed by atoms with Crippen molar-refractivity contribution < 1.29 is 14.5 Å². The van der Waals surface area contributed by atoms with Gasteiger partial charge in [0.25, 0.3) is 11.7 Å². The standard InChI is InChI=1S/C25H22ClN5O2S/c1-16-6-12-21(13-7-16)31-24(18-8-10-20(26)11-9-18)29-30-25(31)34-15-23(33)28-27-17(2)19-4-3-5-22(32)14-19/h3-14H,15H2,1-2H3,(H2,28,32,33)/p+1/b27-17+. The van der Waals surface area contributed by atoms with E-state index >= 15 is 0 Å². The van der Waals surface area contributed by atoms with Crippen LogP contribution in [0.15, 0.2) is 83.1 Å². The van der Waals surface area contributed by atoms with Crippen LogP contribution < -0.4 is 9.99 Å². The first-order valence-electron chi connectivity index (χ1n) is 10.5. The van der Waals surface area contributed by atoms with E-state index in [2.05, 4.69) is 20.7 Å². The monoisotopic (exact) mass is 492 g/mol. The number of nitrogens with one attached hydrogen (secondary N) is 2. The number of halogens is 1. The topological polar surface area (TPSA) is 94.2 Å². The van der Waals surface area contributed by atoms with Gasteiger partial charge in [-0.15, -0.1) is 5.10 Å². The lowest BCUT2D eigenvalue weighted by molar-refractivity contribution is -0.625. The van der Waals surface area contributed by atoms with Crippen LogP contribution in [0.1, 0.15) is 18.1 Å². The van der Waals surface area contributed by atoms with Crippen LogP contribution in [0.25, 0.3) is 17.1 Å². The summed E-state index contributed by atoms with van der Waals surface area (Å²) in [6.07, 6.45) is 0. The van der Waals surface area contributed by atoms with Crippen molar-refractivity contribution in [1.29, 1.82) is 0 Å². The second-order valence-electron chi connectivity index (χ2n) is 7.60. The van der Waals surface area contributed by atoms with Crippen LogP contribution >= 0.6 is 23.4 Å². The molecule has 3 N–H and O–H groups in total. The van der Waals surface area contributed by atoms with Crippen molar-refractivity contribution in [3.63, 3.8) is 0 Å². The highest BCUT2D eigenvalue weighted by Gasteiger charge is 2.24. The van der Waals surface area contributed by atoms with E-state index < -0.39 is 0 Å². The van der Waals surface area contributed by atoms with Gasteiger partial charge in [-0.2, -0.15) is 9.67 Å². The van der Waals surface area contributed by atoms with E-state index in [-0.39, 0.29) is 17.4 Å². The van der Waals surface area contributed by atoms with E-state index in [1.165, 1.54) is 11.8 Å². The lowest BCUT2D eigenvalue weighted by Crippen LogP contribution is -2.34. The fourth-order valence-corrected chi connectivity index (χ4v) is 4.12. The van der Waals surface area contributed by atoms with Crippen molar-refractivity contribution >= 4 is 35.0 Å². The van der Waals surface area contributed by atoms with Gasteiger partial charge in [0.05, 0.1) is 22.1 Å². The van der Waals surface area contributed by atoms with Gasteiger partial charge in [-0.3, -0.25) is 4.79 Å². The number of carbonyl (C=O) groups excluding carboxylic acids is 1. The van der Waals surface area contributed by atoms with Gasteiger partial charge in [0.2, 0.25) is 0 Å². The minimum absolute atomic E-state index is 0.119. The van der Waals surface area contributed by atoms with Crippen LogP contribution in [-0.2, 0) is 4.79 Å². The molecule has 9 heteroatoms. The van der Waals surface area contributed by atoms with Crippen molar-refractivity contribution in [2.24, 2.45) is 5.10 Å². The van der Waals surface area contributed by atoms with Crippen molar-refractivity contribution in [1.82, 2.24) is 15.6 Å². The van der Waals surface area contributed by atoms with Crippen molar-refractivity contribution in [2.45, 2.75) is 19.0 Å². The van der Waals surface area contributed by atoms with Crippen LogP contribution in [0.4, 0.5) is 0 Å². The van der Waals surface area contributed by atoms with Crippen LogP contribution in [-0.4, -0.2) is 32.7 Å². The Hall–Kier alpha value is -3.62. The van der Waals surface area contributed by atoms with Gasteiger partial charge in [-0.05, 0) is 74.1 Å². The molecule has 34 heavy (non-hydrogen) atoms. The highest BCUT2D eigenvalue weighted by atomic mass is 35.5. The maximum Gasteiger partial charge on any atom is 0.342 e. The summed E-state index contributed by atoms with van der Waals surface area (Å²) in [5.74, 6) is 0.773. The van der Waals surface area contributed by atoms with Gasteiger partial charge < -0.3 is 5.11 Å². The van der Waals surface area contributed by atoms with E-state index in [0.717, 1.165) is 28.2 Å². The molecule has 0 atom stereocenters. The Bertz CT molecular complexity index is 1330. The SMILES string of the molecule is C/C(=N\NC(=O)CSc1n[nH]c(-c2ccc(Cl)cc2)[n+]1-c1ccc(C)cc1)c1cccc(O)c1. The van der Waals surface area contributed by atoms with Crippen LogP contribution in [0.2, 0.25) is 5.02 Å². The zero-order chi connectivity index (χ0) is 24.1. The Kier molecular flexibility index (Phi) is 7.30. The molecule has 0 radical (unpaired) electrons. The quantitative estimate of drug-likeness (QED) is 0.151. The predicted octanol–water partition coefficient (Wildman–Crippen LogP) is 4.65. The molecule has 4 aromatic rings. The molecule has 0 fully saturated rings. The first kappa shape index (κ1) is 23.5. The predicted molar refractivity (Wildman–Crippen MR) is 134 cm³/mol. The van der Waals surface area contributed by atoms with Gasteiger partial charge in [-0.25, -0.2) is 5.43 Å². The second-order valence-corrected chi connectivity index (χ2v) is 8.98. The fourth-order valence-electron chi connectivity index (χ4n) is 3.23. The number of phenolic OH excluding ortho intramolecular Hbond substituents is 1. The lowest BCUT2D eigenvalue weighted by atomic mass is 10.1. The number of benzene rings is 3. The van der Waals surface area contributed by atoms with Gasteiger partial charge >= 0.3 is 5.16 Å². The first-order chi connectivity index (χ1) is 16.4. The number of nitrogens with zero attached hydrogens (tertiary/aromatic N) is 3. The molecule has 0 bridgehead atoms. The van der Waals surface area contributed by atoms with Gasteiger partial charge in [0.15, 0.2) is 0 Å². The number of hydrogen-bond donors (Lipinski definition) is 3. The third kappa shape index (κ3) is 5.65. The minimum Gasteiger partial charge on any atom is -0.508 e. The Morgan fingerprint density at radius 1 is 1.15 bits per heavy atom. The molecule has 4 rings (SSSR count). The third-order valence-electron chi connectivity index (χ3n) is 5.03. The number of aromatic nitrogens is 3. The number of phenols is 1. The molecule has 1 heterocycles. The average Bonchev–Trinajstić information content (AvgIpc) is 3.26. The number of H-pyrrole nitrogens is 1. The summed E-state index contributed by atoms with van der Waals surface area (Å²) in [5.41, 5.74) is 6.87. The van der Waals surface area contributed by atoms with Gasteiger partial charge in [-0.1, -0.05) is 41.4 Å². The molecule has 7 nitrogen and oxygen atoms in total. The van der Waals surface area contributed by atoms with E-state index in [1.807, 2.05) is 66.1 Å². The zero-order valence-electron chi connectivity index (χ0n) is 18.6. The Labute approximate surface area is 206 Å². The molecule has 0 aliphatic carbocycles. The summed E-state index contributed by atoms with van der Waals surface area (Å²) >= 11 is 7.35. The molecule has 0 unspecified atom stereocenters. The molecule has 3 aromatic carbocycles. The van der Waals surface area contributed by atoms with E-state index in [4.69, 9.17) is 11.6 Å². The third-order valence-corrected chi connectivity index (χ3v) is 6.22. The number of hydrogen-bond acceptors (Lipinski definition) is 5. The number of thioether (sulfide) groups is 1. The molecule has 0 spiro atoms. The minimum atomic E-state index is -0.268. The van der Waals surface area contributed by atoms with Crippen LogP contribution in [0, 0.1) is 6.92 Å². The van der Waals surface area contributed by atoms with E-state index in [0.29, 0.717) is 15.9 Å². The maximum absolute atomic E-state index is 12.5. The summed E-state index contributed by atoms with van der Waals surface area (Å²) in [6.45, 7) is 3.79. The lowest BCUT2D eigenvalue weighted by Gasteiger charge is -2.05. The summed E-state index contributed by atoms with van der Waals surface area (Å²) < 4.78 is 1.97. The van der Waals surface area contributed by atoms with Gasteiger partial charge in [0.1, 0.15) is 11.4 Å². The van der Waals surface area contributed by atoms with Crippen LogP contribution in [0.3, 0.4) is 0 Å². The number of hydrazone groups is 1. The van der Waals surface area contributed by atoms with Crippen molar-refractivity contribution in [3.05, 3.63) is 88.9 Å². The van der Waals surface area contributed by atoms with Crippen LogP contribution in [0.5, 0.6) is 5.75 Å². The normalized spacial score (nSPS) is 11.4. The first-order valence-corrected chi connectivity index (χ1v) is 11.9. The molecular weight excluding hydrogens is 470 g/mol. The highest BCUT2D eigenvalue weighted by molar-refractivity contribution is 7.99. The average molecular weight is 493 g/mol. The van der Waals surface area contributed by atoms with Gasteiger partial charge in [0, 0.05) is 10.6 Å². The molecule has 1 amide bonds. The van der Waals surface area contributed by atoms with Crippen molar-refractivity contribution in [3.8, 4) is 22.8 Å². The molecular formula is C25H23ClN5O2S+. The largest absolute Gasteiger partial charge is 0.508 e. The Morgan fingerprint density at radius 3 is 2.59 bits per heavy atom. The highest BCUT2D eigenvalue weighted by Crippen LogP contribution is 2.22. The molecule has 172 valence electrons. The van der Waals surface area contributed by atoms with E-state index in [9.17, 15) is 9.90 Å². The smallest absolute Gasteiger partial charge is 0.342 e. The number of carbonyl (C=O) groups is 1. The Morgan fingerprint density at radius 2 is 1.88 bits per heavy atom. The summed E-state index contributed by atoms with van der Waals surface area (Å²) in [6, 6.07) is 22.3. The summed E-state index contributed by atoms with van der Waals surface area (Å²) in [7, 11) is 0. The second kappa shape index (κ2) is 10.5. The fraction of sp³-hybridized carbons (Fsp3) is 0.120. The summed E-state index contributed by atoms with van der Waals surface area (Å²) in [5, 5.41) is 22.6. The number of aromatic amines is 1. The molecule has 0 aliphatic heterocycles. The summed E-state index contributed by atoms with van der Waals surface area (Å²) in [4.78, 5) is 12.5.